The lowest BCUT2D eigenvalue weighted by Crippen LogP contribution is -2.27. The third-order valence-corrected chi connectivity index (χ3v) is 4.92. The molecule has 1 saturated heterocycles. The van der Waals surface area contributed by atoms with Gasteiger partial charge in [0, 0.05) is 5.56 Å². The van der Waals surface area contributed by atoms with Crippen LogP contribution >= 0.6 is 11.8 Å². The Morgan fingerprint density at radius 1 is 1.14 bits per heavy atom. The molecular weight excluding hydrogens is 381 g/mol. The second kappa shape index (κ2) is 8.48. The summed E-state index contributed by atoms with van der Waals surface area (Å²) in [6.07, 6.45) is 1.61. The highest BCUT2D eigenvalue weighted by Gasteiger charge is 2.35. The van der Waals surface area contributed by atoms with E-state index in [1.807, 2.05) is 13.8 Å². The highest BCUT2D eigenvalue weighted by Crippen LogP contribution is 2.35. The van der Waals surface area contributed by atoms with Crippen molar-refractivity contribution in [1.82, 2.24) is 4.90 Å². The van der Waals surface area contributed by atoms with E-state index in [1.165, 1.54) is 13.2 Å². The molecule has 1 aliphatic rings. The number of methoxy groups -OCH3 is 1. The topological polar surface area (TPSA) is 55.8 Å². The molecule has 0 unspecified atom stereocenters. The average molecular weight is 401 g/mol. The smallest absolute Gasteiger partial charge is 0.293 e. The van der Waals surface area contributed by atoms with Crippen molar-refractivity contribution < 1.29 is 23.5 Å². The van der Waals surface area contributed by atoms with Crippen LogP contribution < -0.4 is 9.47 Å². The predicted octanol–water partition coefficient (Wildman–Crippen LogP) is 4.86. The number of carbonyl (C=O) groups excluding carboxylic acids is 2. The third-order valence-electron chi connectivity index (χ3n) is 4.01. The first kappa shape index (κ1) is 19.9. The SMILES string of the molecule is COc1cc(/C=C2\SC(=O)N(Cc3ccccc3F)C2=O)ccc1OC(C)C. The van der Waals surface area contributed by atoms with E-state index in [1.54, 1.807) is 42.5 Å². The Bertz CT molecular complexity index is 942. The van der Waals surface area contributed by atoms with Gasteiger partial charge >= 0.3 is 0 Å². The van der Waals surface area contributed by atoms with Crippen LogP contribution in [0.5, 0.6) is 11.5 Å². The number of halogens is 1. The largest absolute Gasteiger partial charge is 0.493 e. The minimum Gasteiger partial charge on any atom is -0.493 e. The molecule has 0 radical (unpaired) electrons. The Labute approximate surface area is 167 Å². The fourth-order valence-corrected chi connectivity index (χ4v) is 3.55. The van der Waals surface area contributed by atoms with Gasteiger partial charge in [-0.15, -0.1) is 0 Å². The summed E-state index contributed by atoms with van der Waals surface area (Å²) < 4.78 is 24.9. The number of imide groups is 1. The van der Waals surface area contributed by atoms with Crippen molar-refractivity contribution >= 4 is 29.0 Å². The van der Waals surface area contributed by atoms with Crippen molar-refractivity contribution in [1.29, 1.82) is 0 Å². The molecule has 0 aromatic heterocycles. The molecule has 0 saturated carbocycles. The molecule has 2 aromatic rings. The number of thioether (sulfide) groups is 1. The number of nitrogens with zero attached hydrogens (tertiary/aromatic N) is 1. The molecule has 1 heterocycles. The molecule has 1 aliphatic heterocycles. The van der Waals surface area contributed by atoms with Crippen LogP contribution in [0.1, 0.15) is 25.0 Å². The minimum absolute atomic E-state index is 0.00497. The van der Waals surface area contributed by atoms with Crippen LogP contribution in [0.25, 0.3) is 6.08 Å². The first-order valence-electron chi connectivity index (χ1n) is 8.72. The van der Waals surface area contributed by atoms with E-state index in [0.29, 0.717) is 22.6 Å². The molecule has 0 bridgehead atoms. The summed E-state index contributed by atoms with van der Waals surface area (Å²) in [4.78, 5) is 26.2. The van der Waals surface area contributed by atoms with Gasteiger partial charge in [-0.05, 0) is 55.4 Å². The zero-order valence-corrected chi connectivity index (χ0v) is 16.6. The number of ether oxygens (including phenoxy) is 2. The quantitative estimate of drug-likeness (QED) is 0.647. The molecular formula is C21H20FNO4S. The number of carbonyl (C=O) groups is 2. The summed E-state index contributed by atoms with van der Waals surface area (Å²) in [7, 11) is 1.54. The van der Waals surface area contributed by atoms with E-state index in [2.05, 4.69) is 0 Å². The molecule has 2 aromatic carbocycles. The maximum atomic E-state index is 13.9. The maximum absolute atomic E-state index is 13.9. The molecule has 1 fully saturated rings. The summed E-state index contributed by atoms with van der Waals surface area (Å²) in [5, 5.41) is -0.425. The van der Waals surface area contributed by atoms with Crippen molar-refractivity contribution in [2.45, 2.75) is 26.5 Å². The third kappa shape index (κ3) is 4.36. The molecule has 0 aliphatic carbocycles. The highest BCUT2D eigenvalue weighted by molar-refractivity contribution is 8.18. The molecule has 7 heteroatoms. The van der Waals surface area contributed by atoms with Gasteiger partial charge in [0.2, 0.25) is 0 Å². The normalized spacial score (nSPS) is 15.6. The van der Waals surface area contributed by atoms with E-state index < -0.39 is 17.0 Å². The zero-order chi connectivity index (χ0) is 20.3. The lowest BCUT2D eigenvalue weighted by molar-refractivity contribution is -0.123. The molecule has 146 valence electrons. The van der Waals surface area contributed by atoms with Crippen LogP contribution in [0.3, 0.4) is 0 Å². The second-order valence-corrected chi connectivity index (χ2v) is 7.43. The van der Waals surface area contributed by atoms with Crippen molar-refractivity contribution in [2.75, 3.05) is 7.11 Å². The van der Waals surface area contributed by atoms with E-state index >= 15 is 0 Å². The molecule has 0 atom stereocenters. The Hall–Kier alpha value is -2.80. The maximum Gasteiger partial charge on any atom is 0.293 e. The number of hydrogen-bond donors (Lipinski definition) is 0. The molecule has 2 amide bonds. The Morgan fingerprint density at radius 2 is 1.89 bits per heavy atom. The van der Waals surface area contributed by atoms with Gasteiger partial charge in [-0.3, -0.25) is 14.5 Å². The van der Waals surface area contributed by atoms with Gasteiger partial charge in [0.05, 0.1) is 24.7 Å². The van der Waals surface area contributed by atoms with Gasteiger partial charge in [0.25, 0.3) is 11.1 Å². The molecule has 5 nitrogen and oxygen atoms in total. The lowest BCUT2D eigenvalue weighted by atomic mass is 10.1. The molecule has 0 N–H and O–H groups in total. The fraction of sp³-hybridized carbons (Fsp3) is 0.238. The predicted molar refractivity (Wildman–Crippen MR) is 107 cm³/mol. The number of rotatable bonds is 6. The number of benzene rings is 2. The molecule has 28 heavy (non-hydrogen) atoms. The van der Waals surface area contributed by atoms with Crippen LogP contribution in [-0.2, 0) is 11.3 Å². The highest BCUT2D eigenvalue weighted by atomic mass is 32.2. The van der Waals surface area contributed by atoms with Crippen molar-refractivity contribution in [3.8, 4) is 11.5 Å². The van der Waals surface area contributed by atoms with E-state index in [-0.39, 0.29) is 17.6 Å². The van der Waals surface area contributed by atoms with Crippen molar-refractivity contribution in [3.63, 3.8) is 0 Å². The van der Waals surface area contributed by atoms with Crippen molar-refractivity contribution in [3.05, 3.63) is 64.3 Å². The van der Waals surface area contributed by atoms with Gasteiger partial charge in [0.15, 0.2) is 11.5 Å². The van der Waals surface area contributed by atoms with E-state index in [9.17, 15) is 14.0 Å². The van der Waals surface area contributed by atoms with Gasteiger partial charge in [-0.25, -0.2) is 4.39 Å². The number of amides is 2. The summed E-state index contributed by atoms with van der Waals surface area (Å²) in [5.74, 6) is 0.242. The molecule has 0 spiro atoms. The first-order valence-corrected chi connectivity index (χ1v) is 9.54. The van der Waals surface area contributed by atoms with Crippen molar-refractivity contribution in [2.24, 2.45) is 0 Å². The summed E-state index contributed by atoms with van der Waals surface area (Å²) in [5.41, 5.74) is 0.993. The Balaban J connectivity index is 1.82. The Kier molecular flexibility index (Phi) is 6.04. The van der Waals surface area contributed by atoms with Crippen LogP contribution in [0.2, 0.25) is 0 Å². The summed E-state index contributed by atoms with van der Waals surface area (Å²) >= 11 is 0.834. The van der Waals surface area contributed by atoms with Crippen LogP contribution in [-0.4, -0.2) is 29.3 Å². The lowest BCUT2D eigenvalue weighted by Gasteiger charge is -2.14. The van der Waals surface area contributed by atoms with Gasteiger partial charge in [0.1, 0.15) is 5.82 Å². The molecule has 3 rings (SSSR count). The monoisotopic (exact) mass is 401 g/mol. The fourth-order valence-electron chi connectivity index (χ4n) is 2.71. The zero-order valence-electron chi connectivity index (χ0n) is 15.8. The van der Waals surface area contributed by atoms with Gasteiger partial charge in [-0.2, -0.15) is 0 Å². The van der Waals surface area contributed by atoms with Gasteiger partial charge in [-0.1, -0.05) is 24.3 Å². The van der Waals surface area contributed by atoms with Crippen LogP contribution in [0.4, 0.5) is 9.18 Å². The van der Waals surface area contributed by atoms with Crippen LogP contribution in [0, 0.1) is 5.82 Å². The summed E-state index contributed by atoms with van der Waals surface area (Å²) in [6, 6.07) is 11.4. The Morgan fingerprint density at radius 3 is 2.57 bits per heavy atom. The first-order chi connectivity index (χ1) is 13.4. The standard InChI is InChI=1S/C21H20FNO4S/c1-13(2)27-17-9-8-14(10-18(17)26-3)11-19-20(24)23(21(25)28-19)12-15-6-4-5-7-16(15)22/h4-11,13H,12H2,1-3H3/b19-11-. The van der Waals surface area contributed by atoms with Gasteiger partial charge < -0.3 is 9.47 Å². The average Bonchev–Trinajstić information content (AvgIpc) is 2.91. The van der Waals surface area contributed by atoms with E-state index in [4.69, 9.17) is 9.47 Å². The number of hydrogen-bond acceptors (Lipinski definition) is 5. The van der Waals surface area contributed by atoms with E-state index in [0.717, 1.165) is 16.7 Å². The minimum atomic E-state index is -0.448. The second-order valence-electron chi connectivity index (χ2n) is 6.44. The summed E-state index contributed by atoms with van der Waals surface area (Å²) in [6.45, 7) is 3.73. The van der Waals surface area contributed by atoms with Crippen LogP contribution in [0.15, 0.2) is 47.4 Å².